The van der Waals surface area contributed by atoms with Gasteiger partial charge in [0, 0.05) is 52.4 Å². The van der Waals surface area contributed by atoms with Crippen LogP contribution in [0.5, 0.6) is 0 Å². The summed E-state index contributed by atoms with van der Waals surface area (Å²) in [6.45, 7) is 2.49. The molecule has 0 radical (unpaired) electrons. The van der Waals surface area contributed by atoms with Crippen molar-refractivity contribution in [2.24, 2.45) is 5.92 Å². The summed E-state index contributed by atoms with van der Waals surface area (Å²) in [5.41, 5.74) is 0.608. The van der Waals surface area contributed by atoms with Crippen LogP contribution in [0.1, 0.15) is 36.0 Å². The van der Waals surface area contributed by atoms with Crippen LogP contribution >= 0.6 is 0 Å². The molecule has 3 rings (SSSR count). The number of anilines is 1. The van der Waals surface area contributed by atoms with Crippen molar-refractivity contribution in [1.82, 2.24) is 14.8 Å². The number of hydrogen-bond acceptors (Lipinski definition) is 4. The number of rotatable bonds is 3. The second kappa shape index (κ2) is 7.20. The minimum atomic E-state index is 0.000714. The van der Waals surface area contributed by atoms with E-state index in [0.717, 1.165) is 18.7 Å². The molecule has 1 saturated carbocycles. The molecule has 1 saturated heterocycles. The molecule has 0 bridgehead atoms. The van der Waals surface area contributed by atoms with Crippen LogP contribution in [0.2, 0.25) is 0 Å². The van der Waals surface area contributed by atoms with E-state index in [-0.39, 0.29) is 17.7 Å². The second-order valence-electron chi connectivity index (χ2n) is 6.90. The molecule has 2 fully saturated rings. The first kappa shape index (κ1) is 16.7. The third kappa shape index (κ3) is 3.52. The van der Waals surface area contributed by atoms with E-state index in [0.29, 0.717) is 31.7 Å². The summed E-state index contributed by atoms with van der Waals surface area (Å²) < 4.78 is 0. The molecule has 0 atom stereocenters. The Morgan fingerprint density at radius 1 is 1.04 bits per heavy atom. The number of piperazine rings is 1. The fourth-order valence-corrected chi connectivity index (χ4v) is 3.52. The molecule has 1 aromatic rings. The molecule has 2 heterocycles. The van der Waals surface area contributed by atoms with Gasteiger partial charge in [-0.25, -0.2) is 4.98 Å². The molecule has 1 aromatic heterocycles. The fourth-order valence-electron chi connectivity index (χ4n) is 3.52. The standard InChI is InChI=1S/C18H26N4O2/c1-20(2)16-8-7-15(13-19-16)18(24)22-11-9-21(10-12-22)17(23)14-5-3-4-6-14/h7-8,13-14H,3-6,9-12H2,1-2H3. The third-order valence-electron chi connectivity index (χ3n) is 5.04. The van der Waals surface area contributed by atoms with E-state index >= 15 is 0 Å². The second-order valence-corrected chi connectivity index (χ2v) is 6.90. The quantitative estimate of drug-likeness (QED) is 0.845. The summed E-state index contributed by atoms with van der Waals surface area (Å²) in [6, 6.07) is 3.67. The first-order valence-corrected chi connectivity index (χ1v) is 8.77. The molecule has 6 heteroatoms. The minimum absolute atomic E-state index is 0.000714. The van der Waals surface area contributed by atoms with Crippen LogP contribution in [0.3, 0.4) is 0 Å². The highest BCUT2D eigenvalue weighted by Crippen LogP contribution is 2.27. The van der Waals surface area contributed by atoms with Gasteiger partial charge in [0.2, 0.25) is 5.91 Å². The SMILES string of the molecule is CN(C)c1ccc(C(=O)N2CCN(C(=O)C3CCCC3)CC2)cn1. The van der Waals surface area contributed by atoms with E-state index in [1.165, 1.54) is 12.8 Å². The summed E-state index contributed by atoms with van der Waals surface area (Å²) in [5, 5.41) is 0. The van der Waals surface area contributed by atoms with E-state index in [1.807, 2.05) is 40.9 Å². The van der Waals surface area contributed by atoms with Crippen LogP contribution in [0.4, 0.5) is 5.82 Å². The topological polar surface area (TPSA) is 56.8 Å². The number of carbonyl (C=O) groups is 2. The zero-order chi connectivity index (χ0) is 17.1. The summed E-state index contributed by atoms with van der Waals surface area (Å²) in [5.74, 6) is 1.34. The Labute approximate surface area is 143 Å². The van der Waals surface area contributed by atoms with Gasteiger partial charge in [0.05, 0.1) is 5.56 Å². The van der Waals surface area contributed by atoms with Gasteiger partial charge in [-0.1, -0.05) is 12.8 Å². The highest BCUT2D eigenvalue weighted by Gasteiger charge is 2.30. The van der Waals surface area contributed by atoms with Crippen molar-refractivity contribution in [2.75, 3.05) is 45.2 Å². The van der Waals surface area contributed by atoms with Crippen molar-refractivity contribution < 1.29 is 9.59 Å². The van der Waals surface area contributed by atoms with Crippen LogP contribution in [-0.4, -0.2) is 66.9 Å². The number of amides is 2. The van der Waals surface area contributed by atoms with Crippen molar-refractivity contribution in [1.29, 1.82) is 0 Å². The smallest absolute Gasteiger partial charge is 0.255 e. The van der Waals surface area contributed by atoms with Gasteiger partial charge < -0.3 is 14.7 Å². The summed E-state index contributed by atoms with van der Waals surface area (Å²) in [6.07, 6.45) is 6.03. The fraction of sp³-hybridized carbons (Fsp3) is 0.611. The maximum atomic E-state index is 12.6. The molecule has 0 aromatic carbocycles. The molecular formula is C18H26N4O2. The molecule has 0 unspecified atom stereocenters. The van der Waals surface area contributed by atoms with Crippen LogP contribution in [-0.2, 0) is 4.79 Å². The van der Waals surface area contributed by atoms with E-state index in [2.05, 4.69) is 4.98 Å². The summed E-state index contributed by atoms with van der Waals surface area (Å²) in [4.78, 5) is 35.0. The van der Waals surface area contributed by atoms with Gasteiger partial charge in [0.1, 0.15) is 5.82 Å². The Morgan fingerprint density at radius 2 is 1.67 bits per heavy atom. The molecule has 2 aliphatic rings. The van der Waals surface area contributed by atoms with Gasteiger partial charge in [-0.3, -0.25) is 9.59 Å². The van der Waals surface area contributed by atoms with Crippen molar-refractivity contribution in [3.8, 4) is 0 Å². The van der Waals surface area contributed by atoms with E-state index in [9.17, 15) is 9.59 Å². The molecule has 1 aliphatic heterocycles. The predicted octanol–water partition coefficient (Wildman–Crippen LogP) is 1.62. The normalized spacial score (nSPS) is 18.8. The van der Waals surface area contributed by atoms with Crippen molar-refractivity contribution in [3.63, 3.8) is 0 Å². The zero-order valence-corrected chi connectivity index (χ0v) is 14.6. The molecule has 6 nitrogen and oxygen atoms in total. The Balaban J connectivity index is 1.55. The van der Waals surface area contributed by atoms with Crippen molar-refractivity contribution in [2.45, 2.75) is 25.7 Å². The largest absolute Gasteiger partial charge is 0.363 e. The van der Waals surface area contributed by atoms with Gasteiger partial charge in [-0.05, 0) is 25.0 Å². The Hall–Kier alpha value is -2.11. The first-order valence-electron chi connectivity index (χ1n) is 8.77. The highest BCUT2D eigenvalue weighted by atomic mass is 16.2. The molecule has 24 heavy (non-hydrogen) atoms. The monoisotopic (exact) mass is 330 g/mol. The van der Waals surface area contributed by atoms with Crippen LogP contribution in [0, 0.1) is 5.92 Å². The highest BCUT2D eigenvalue weighted by molar-refractivity contribution is 5.94. The van der Waals surface area contributed by atoms with Gasteiger partial charge >= 0.3 is 0 Å². The van der Waals surface area contributed by atoms with E-state index < -0.39 is 0 Å². The minimum Gasteiger partial charge on any atom is -0.363 e. The molecule has 130 valence electrons. The maximum Gasteiger partial charge on any atom is 0.255 e. The average molecular weight is 330 g/mol. The summed E-state index contributed by atoms with van der Waals surface area (Å²) in [7, 11) is 3.84. The molecular weight excluding hydrogens is 304 g/mol. The van der Waals surface area contributed by atoms with Gasteiger partial charge in [0.15, 0.2) is 0 Å². The zero-order valence-electron chi connectivity index (χ0n) is 14.6. The van der Waals surface area contributed by atoms with Gasteiger partial charge in [-0.15, -0.1) is 0 Å². The lowest BCUT2D eigenvalue weighted by Gasteiger charge is -2.36. The Bertz CT molecular complexity index is 586. The number of aromatic nitrogens is 1. The summed E-state index contributed by atoms with van der Waals surface area (Å²) >= 11 is 0. The van der Waals surface area contributed by atoms with Crippen LogP contribution in [0.25, 0.3) is 0 Å². The van der Waals surface area contributed by atoms with Gasteiger partial charge in [-0.2, -0.15) is 0 Å². The number of hydrogen-bond donors (Lipinski definition) is 0. The van der Waals surface area contributed by atoms with E-state index in [1.54, 1.807) is 6.20 Å². The van der Waals surface area contributed by atoms with Crippen molar-refractivity contribution in [3.05, 3.63) is 23.9 Å². The number of pyridine rings is 1. The number of nitrogens with zero attached hydrogens (tertiary/aromatic N) is 4. The Kier molecular flexibility index (Phi) is 5.02. The molecule has 0 spiro atoms. The predicted molar refractivity (Wildman–Crippen MR) is 93.0 cm³/mol. The van der Waals surface area contributed by atoms with Crippen LogP contribution in [0.15, 0.2) is 18.3 Å². The Morgan fingerprint density at radius 3 is 2.21 bits per heavy atom. The van der Waals surface area contributed by atoms with Gasteiger partial charge in [0.25, 0.3) is 5.91 Å². The molecule has 2 amide bonds. The number of carbonyl (C=O) groups excluding carboxylic acids is 2. The lowest BCUT2D eigenvalue weighted by Crippen LogP contribution is -2.51. The molecule has 1 aliphatic carbocycles. The maximum absolute atomic E-state index is 12.6. The molecule has 0 N–H and O–H groups in total. The van der Waals surface area contributed by atoms with Crippen LogP contribution < -0.4 is 4.90 Å². The van der Waals surface area contributed by atoms with E-state index in [4.69, 9.17) is 0 Å². The lowest BCUT2D eigenvalue weighted by molar-refractivity contribution is -0.136. The lowest BCUT2D eigenvalue weighted by atomic mass is 10.1. The van der Waals surface area contributed by atoms with Crippen molar-refractivity contribution >= 4 is 17.6 Å². The third-order valence-corrected chi connectivity index (χ3v) is 5.04. The first-order chi connectivity index (χ1) is 11.6. The average Bonchev–Trinajstić information content (AvgIpc) is 3.15.